The third kappa shape index (κ3) is 3.81. The van der Waals surface area contributed by atoms with E-state index in [1.807, 2.05) is 0 Å². The van der Waals surface area contributed by atoms with E-state index in [1.165, 1.54) is 11.1 Å². The molecule has 0 saturated heterocycles. The lowest BCUT2D eigenvalue weighted by molar-refractivity contribution is 0.393. The molecule has 4 aromatic rings. The summed E-state index contributed by atoms with van der Waals surface area (Å²) < 4.78 is 3.40. The fraction of sp³-hybridized carbons (Fsp3) is 0.385. The van der Waals surface area contributed by atoms with Crippen molar-refractivity contribution in [3.8, 4) is 34.9 Å². The molecule has 0 spiro atoms. The first-order valence-electron chi connectivity index (χ1n) is 16.8. The number of benzene rings is 2. The predicted molar refractivity (Wildman–Crippen MR) is 177 cm³/mol. The molecule has 6 heteroatoms. The minimum Gasteiger partial charge on any atom is -0.494 e. The van der Waals surface area contributed by atoms with Crippen molar-refractivity contribution in [3.05, 3.63) is 104 Å². The van der Waals surface area contributed by atoms with Gasteiger partial charge in [0.25, 0.3) is 0 Å². The van der Waals surface area contributed by atoms with Crippen LogP contribution in [0, 0.1) is 0 Å². The smallest absolute Gasteiger partial charge is 0.202 e. The van der Waals surface area contributed by atoms with Gasteiger partial charge >= 0.3 is 0 Å². The second-order valence-electron chi connectivity index (χ2n) is 13.4. The summed E-state index contributed by atoms with van der Waals surface area (Å²) >= 11 is 0. The Balaban J connectivity index is 1.19. The lowest BCUT2D eigenvalue weighted by atomic mass is 9.92. The molecular weight excluding hydrogens is 560 g/mol. The number of aromatic nitrogens is 2. The SMILES string of the molecule is CCc1cc(Cc2cc(CC)c(-n3c(O)c4c(c3O)C3C=CC4C3)c(CC)c2)cc(CC)c1-n1c(O)c2c(c1O)C1C=CC2C1. The third-order valence-corrected chi connectivity index (χ3v) is 11.1. The summed E-state index contributed by atoms with van der Waals surface area (Å²) in [6.45, 7) is 8.53. The van der Waals surface area contributed by atoms with E-state index in [1.54, 1.807) is 9.13 Å². The summed E-state index contributed by atoms with van der Waals surface area (Å²) in [6, 6.07) is 8.92. The zero-order valence-electron chi connectivity index (χ0n) is 26.6. The zero-order chi connectivity index (χ0) is 31.3. The number of allylic oxidation sites excluding steroid dienone is 4. The number of aromatic hydroxyl groups is 4. The van der Waals surface area contributed by atoms with Crippen LogP contribution in [0.3, 0.4) is 0 Å². The van der Waals surface area contributed by atoms with E-state index < -0.39 is 0 Å². The van der Waals surface area contributed by atoms with Crippen molar-refractivity contribution in [2.75, 3.05) is 0 Å². The number of aryl methyl sites for hydroxylation is 4. The van der Waals surface area contributed by atoms with E-state index in [0.717, 1.165) is 101 Å². The third-order valence-electron chi connectivity index (χ3n) is 11.1. The van der Waals surface area contributed by atoms with Crippen LogP contribution >= 0.6 is 0 Å². The normalized spacial score (nSPS) is 21.8. The number of fused-ring (bicyclic) bond motifs is 10. The molecule has 4 unspecified atom stereocenters. The first-order valence-corrected chi connectivity index (χ1v) is 16.8. The van der Waals surface area contributed by atoms with Crippen molar-refractivity contribution in [1.82, 2.24) is 9.13 Å². The van der Waals surface area contributed by atoms with Gasteiger partial charge in [-0.3, -0.25) is 9.13 Å². The molecule has 0 aliphatic heterocycles. The molecule has 0 radical (unpaired) electrons. The van der Waals surface area contributed by atoms with Gasteiger partial charge in [-0.05, 0) is 78.3 Å². The van der Waals surface area contributed by atoms with E-state index in [9.17, 15) is 20.4 Å². The van der Waals surface area contributed by atoms with Crippen LogP contribution in [0.25, 0.3) is 11.4 Å². The van der Waals surface area contributed by atoms with Gasteiger partial charge in [-0.2, -0.15) is 0 Å². The molecule has 4 bridgehead atoms. The molecule has 232 valence electrons. The van der Waals surface area contributed by atoms with Gasteiger partial charge < -0.3 is 20.4 Å². The summed E-state index contributed by atoms with van der Waals surface area (Å²) in [7, 11) is 0. The number of nitrogens with zero attached hydrogens (tertiary/aromatic N) is 2. The molecule has 0 fully saturated rings. The Kier molecular flexibility index (Phi) is 6.32. The average Bonchev–Trinajstić information content (AvgIpc) is 3.90. The Hall–Kier alpha value is -4.32. The Labute approximate surface area is 264 Å². The second-order valence-corrected chi connectivity index (χ2v) is 13.4. The van der Waals surface area contributed by atoms with E-state index in [-0.39, 0.29) is 47.2 Å². The molecule has 4 aliphatic rings. The van der Waals surface area contributed by atoms with Crippen molar-refractivity contribution in [1.29, 1.82) is 0 Å². The van der Waals surface area contributed by atoms with E-state index >= 15 is 0 Å². The van der Waals surface area contributed by atoms with Crippen LogP contribution < -0.4 is 0 Å². The van der Waals surface area contributed by atoms with Crippen LogP contribution in [0.15, 0.2) is 48.6 Å². The van der Waals surface area contributed by atoms with Gasteiger partial charge in [0.2, 0.25) is 23.5 Å². The molecule has 2 heterocycles. The summed E-state index contributed by atoms with van der Waals surface area (Å²) in [5.41, 5.74) is 12.2. The number of hydrogen-bond donors (Lipinski definition) is 4. The van der Waals surface area contributed by atoms with Crippen molar-refractivity contribution >= 4 is 0 Å². The van der Waals surface area contributed by atoms with Crippen molar-refractivity contribution < 1.29 is 20.4 Å². The highest BCUT2D eigenvalue weighted by atomic mass is 16.3. The molecule has 4 aliphatic carbocycles. The fourth-order valence-electron chi connectivity index (χ4n) is 9.06. The zero-order valence-corrected chi connectivity index (χ0v) is 26.6. The second kappa shape index (κ2) is 10.1. The lowest BCUT2D eigenvalue weighted by Gasteiger charge is -2.21. The molecule has 45 heavy (non-hydrogen) atoms. The highest BCUT2D eigenvalue weighted by Crippen LogP contribution is 2.59. The van der Waals surface area contributed by atoms with Crippen molar-refractivity contribution in [3.63, 3.8) is 0 Å². The van der Waals surface area contributed by atoms with Gasteiger partial charge in [0.15, 0.2) is 0 Å². The summed E-state index contributed by atoms with van der Waals surface area (Å²) in [5, 5.41) is 45.7. The first kappa shape index (κ1) is 28.2. The molecule has 2 aromatic carbocycles. The summed E-state index contributed by atoms with van der Waals surface area (Å²) in [6.07, 6.45) is 14.4. The molecule has 4 N–H and O–H groups in total. The van der Waals surface area contributed by atoms with E-state index in [2.05, 4.69) is 76.3 Å². The molecule has 4 atom stereocenters. The molecule has 0 saturated carbocycles. The fourth-order valence-corrected chi connectivity index (χ4v) is 9.06. The first-order chi connectivity index (χ1) is 21.8. The number of hydrogen-bond acceptors (Lipinski definition) is 4. The van der Waals surface area contributed by atoms with Gasteiger partial charge in [0.1, 0.15) is 0 Å². The Morgan fingerprint density at radius 3 is 1.00 bits per heavy atom. The highest BCUT2D eigenvalue weighted by molar-refractivity contribution is 5.67. The maximum atomic E-state index is 11.4. The van der Waals surface area contributed by atoms with E-state index in [4.69, 9.17) is 0 Å². The van der Waals surface area contributed by atoms with Gasteiger partial charge in [0, 0.05) is 45.9 Å². The van der Waals surface area contributed by atoms with Crippen molar-refractivity contribution in [2.24, 2.45) is 0 Å². The van der Waals surface area contributed by atoms with E-state index in [0.29, 0.717) is 0 Å². The highest BCUT2D eigenvalue weighted by Gasteiger charge is 2.43. The van der Waals surface area contributed by atoms with Gasteiger partial charge in [-0.15, -0.1) is 0 Å². The summed E-state index contributed by atoms with van der Waals surface area (Å²) in [5.74, 6) is 1.43. The quantitative estimate of drug-likeness (QED) is 0.153. The van der Waals surface area contributed by atoms with Crippen LogP contribution in [-0.2, 0) is 32.1 Å². The maximum Gasteiger partial charge on any atom is 0.202 e. The minimum atomic E-state index is 0.179. The Bertz CT molecular complexity index is 1690. The maximum absolute atomic E-state index is 11.4. The lowest BCUT2D eigenvalue weighted by Crippen LogP contribution is -2.08. The van der Waals surface area contributed by atoms with Crippen LogP contribution in [0.5, 0.6) is 23.5 Å². The van der Waals surface area contributed by atoms with Gasteiger partial charge in [-0.1, -0.05) is 76.3 Å². The molecule has 8 rings (SSSR count). The van der Waals surface area contributed by atoms with Crippen LogP contribution in [-0.4, -0.2) is 29.6 Å². The standard InChI is InChI=1S/C39H42N2O4/c1-5-22-14-20(15-23(6-2)34(22)40-36(42)30-26-9-10-27(18-26)31(30)37(40)43)13-21-16-24(7-3)35(25(8-4)17-21)41-38(44)32-28-11-12-29(19-28)33(32)39(41)45/h9-12,14-17,26-29,42-45H,5-8,13,18-19H2,1-4H3. The Morgan fingerprint density at radius 2 is 0.756 bits per heavy atom. The average molecular weight is 603 g/mol. The van der Waals surface area contributed by atoms with Crippen LogP contribution in [0.4, 0.5) is 0 Å². The van der Waals surface area contributed by atoms with Crippen molar-refractivity contribution in [2.45, 2.75) is 96.3 Å². The largest absolute Gasteiger partial charge is 0.494 e. The molecular formula is C39H42N2O4. The van der Waals surface area contributed by atoms with Crippen LogP contribution in [0.2, 0.25) is 0 Å². The predicted octanol–water partition coefficient (Wildman–Crippen LogP) is 8.21. The monoisotopic (exact) mass is 602 g/mol. The molecule has 6 nitrogen and oxygen atoms in total. The van der Waals surface area contributed by atoms with Gasteiger partial charge in [0.05, 0.1) is 11.4 Å². The summed E-state index contributed by atoms with van der Waals surface area (Å²) in [4.78, 5) is 0. The Morgan fingerprint density at radius 1 is 0.489 bits per heavy atom. The molecule has 2 aromatic heterocycles. The number of rotatable bonds is 8. The minimum absolute atomic E-state index is 0.179. The topological polar surface area (TPSA) is 90.8 Å². The van der Waals surface area contributed by atoms with Crippen LogP contribution in [0.1, 0.15) is 120 Å². The van der Waals surface area contributed by atoms with Gasteiger partial charge in [-0.25, -0.2) is 0 Å². The molecule has 0 amide bonds.